The Labute approximate surface area is 175 Å². The maximum atomic E-state index is 13.3. The predicted octanol–water partition coefficient (Wildman–Crippen LogP) is 3.47. The number of hydrogen-bond donors (Lipinski definition) is 0. The Kier molecular flexibility index (Phi) is 5.35. The topological polar surface area (TPSA) is 75.6 Å². The van der Waals surface area contributed by atoms with E-state index in [2.05, 4.69) is 0 Å². The Bertz CT molecular complexity index is 1100. The van der Waals surface area contributed by atoms with Crippen molar-refractivity contribution in [2.24, 2.45) is 0 Å². The minimum Gasteiger partial charge on any atom is -0.481 e. The summed E-state index contributed by atoms with van der Waals surface area (Å²) < 4.78 is 5.87. The van der Waals surface area contributed by atoms with Crippen LogP contribution in [0.2, 0.25) is 0 Å². The molecule has 1 aromatic heterocycles. The van der Waals surface area contributed by atoms with E-state index in [1.807, 2.05) is 36.2 Å². The fourth-order valence-corrected chi connectivity index (χ4v) is 3.55. The third-order valence-corrected chi connectivity index (χ3v) is 5.21. The van der Waals surface area contributed by atoms with Crippen molar-refractivity contribution in [3.05, 3.63) is 54.1 Å². The summed E-state index contributed by atoms with van der Waals surface area (Å²) in [4.78, 5) is 38.0. The molecule has 1 atom stereocenters. The average molecular weight is 404 g/mol. The first kappa shape index (κ1) is 19.8. The van der Waals surface area contributed by atoms with Crippen LogP contribution in [-0.2, 0) is 4.79 Å². The highest BCUT2D eigenvalue weighted by Gasteiger charge is 2.30. The lowest BCUT2D eigenvalue weighted by atomic mass is 10.1. The maximum absolute atomic E-state index is 13.3. The number of carbonyl (C=O) groups excluding carboxylic acids is 2. The molecule has 3 aromatic rings. The Hall–Kier alpha value is -3.48. The molecule has 1 amide bonds. The number of ketones is 1. The van der Waals surface area contributed by atoms with Crippen LogP contribution < -0.4 is 14.5 Å². The number of carbonyl (C=O) groups is 2. The van der Waals surface area contributed by atoms with E-state index in [-0.39, 0.29) is 11.7 Å². The Morgan fingerprint density at radius 2 is 1.60 bits per heavy atom. The lowest BCUT2D eigenvalue weighted by Gasteiger charge is -2.25. The summed E-state index contributed by atoms with van der Waals surface area (Å²) in [6.45, 7) is 4.57. The van der Waals surface area contributed by atoms with Gasteiger partial charge >= 0.3 is 0 Å². The van der Waals surface area contributed by atoms with E-state index in [0.717, 1.165) is 24.0 Å². The maximum Gasteiger partial charge on any atom is 0.269 e. The molecule has 1 aliphatic heterocycles. The van der Waals surface area contributed by atoms with Crippen molar-refractivity contribution in [3.63, 3.8) is 0 Å². The second-order valence-corrected chi connectivity index (χ2v) is 7.47. The van der Waals surface area contributed by atoms with Crippen molar-refractivity contribution < 1.29 is 14.3 Å². The molecule has 7 nitrogen and oxygen atoms in total. The molecule has 0 fully saturated rings. The van der Waals surface area contributed by atoms with Gasteiger partial charge in [0.05, 0.1) is 11.0 Å². The molecule has 0 bridgehead atoms. The molecule has 0 N–H and O–H groups in total. The van der Waals surface area contributed by atoms with E-state index in [9.17, 15) is 9.59 Å². The van der Waals surface area contributed by atoms with E-state index in [1.54, 1.807) is 36.1 Å². The zero-order valence-electron chi connectivity index (χ0n) is 17.3. The third-order valence-electron chi connectivity index (χ3n) is 5.21. The van der Waals surface area contributed by atoms with E-state index in [0.29, 0.717) is 29.5 Å². The van der Waals surface area contributed by atoms with Crippen molar-refractivity contribution in [2.45, 2.75) is 26.4 Å². The molecular formula is C23H24N4O3. The highest BCUT2D eigenvalue weighted by Crippen LogP contribution is 2.31. The fraction of sp³-hybridized carbons (Fsp3) is 0.304. The summed E-state index contributed by atoms with van der Waals surface area (Å²) >= 11 is 0. The normalized spacial score (nSPS) is 14.8. The second-order valence-electron chi connectivity index (χ2n) is 7.47. The van der Waals surface area contributed by atoms with Crippen molar-refractivity contribution in [1.29, 1.82) is 0 Å². The Morgan fingerprint density at radius 1 is 0.967 bits per heavy atom. The zero-order chi connectivity index (χ0) is 21.3. The van der Waals surface area contributed by atoms with Crippen LogP contribution in [0.4, 0.5) is 11.6 Å². The van der Waals surface area contributed by atoms with Crippen molar-refractivity contribution >= 4 is 34.4 Å². The summed E-state index contributed by atoms with van der Waals surface area (Å²) in [7, 11) is 1.97. The van der Waals surface area contributed by atoms with Gasteiger partial charge in [-0.05, 0) is 56.7 Å². The molecule has 2 heterocycles. The van der Waals surface area contributed by atoms with Crippen LogP contribution in [-0.4, -0.2) is 47.9 Å². The SMILES string of the molecule is CC(=O)c1ccc(O[C@@H](C)C(=O)N2CCCN(C)c3nc4ccccc4nc32)cc1. The molecule has 0 aliphatic carbocycles. The quantitative estimate of drug-likeness (QED) is 0.620. The number of benzene rings is 2. The summed E-state index contributed by atoms with van der Waals surface area (Å²) in [6, 6.07) is 14.5. The van der Waals surface area contributed by atoms with Gasteiger partial charge in [0.2, 0.25) is 0 Å². The van der Waals surface area contributed by atoms with Crippen LogP contribution in [0.3, 0.4) is 0 Å². The van der Waals surface area contributed by atoms with Gasteiger partial charge in [-0.2, -0.15) is 0 Å². The zero-order valence-corrected chi connectivity index (χ0v) is 17.3. The summed E-state index contributed by atoms with van der Waals surface area (Å²) in [5, 5.41) is 0. The highest BCUT2D eigenvalue weighted by molar-refractivity contribution is 5.99. The van der Waals surface area contributed by atoms with Crippen LogP contribution in [0.15, 0.2) is 48.5 Å². The number of ether oxygens (including phenoxy) is 1. The standard InChI is InChI=1S/C23H24N4O3/c1-15(28)17-9-11-18(12-10-17)30-16(2)23(29)27-14-6-13-26(3)21-22(27)25-20-8-5-4-7-19(20)24-21/h4-5,7-12,16H,6,13-14H2,1-3H3/t16-/m0/s1. The first-order valence-electron chi connectivity index (χ1n) is 10.0. The van der Waals surface area contributed by atoms with E-state index in [1.165, 1.54) is 6.92 Å². The number of para-hydroxylation sites is 2. The molecule has 0 saturated heterocycles. The third kappa shape index (κ3) is 3.83. The number of rotatable bonds is 4. The van der Waals surface area contributed by atoms with E-state index < -0.39 is 6.10 Å². The van der Waals surface area contributed by atoms with Crippen molar-refractivity contribution in [2.75, 3.05) is 29.9 Å². The van der Waals surface area contributed by atoms with Gasteiger partial charge in [0.15, 0.2) is 23.5 Å². The number of nitrogens with zero attached hydrogens (tertiary/aromatic N) is 4. The van der Waals surface area contributed by atoms with E-state index >= 15 is 0 Å². The molecule has 1 aliphatic rings. The second kappa shape index (κ2) is 8.10. The van der Waals surface area contributed by atoms with Gasteiger partial charge in [0.25, 0.3) is 5.91 Å². The molecule has 2 aromatic carbocycles. The van der Waals surface area contributed by atoms with Crippen LogP contribution in [0.1, 0.15) is 30.6 Å². The Morgan fingerprint density at radius 3 is 2.23 bits per heavy atom. The number of Topliss-reactive ketones (excluding diaryl/α,β-unsaturated/α-hetero) is 1. The summed E-state index contributed by atoms with van der Waals surface area (Å²) in [6.07, 6.45) is 0.0918. The molecule has 0 unspecified atom stereocenters. The van der Waals surface area contributed by atoms with Crippen molar-refractivity contribution in [1.82, 2.24) is 9.97 Å². The molecule has 0 radical (unpaired) electrons. The first-order chi connectivity index (χ1) is 14.4. The molecular weight excluding hydrogens is 380 g/mol. The molecule has 30 heavy (non-hydrogen) atoms. The fourth-order valence-electron chi connectivity index (χ4n) is 3.55. The van der Waals surface area contributed by atoms with Gasteiger partial charge in [0.1, 0.15) is 5.75 Å². The van der Waals surface area contributed by atoms with E-state index in [4.69, 9.17) is 14.7 Å². The smallest absolute Gasteiger partial charge is 0.269 e. The predicted molar refractivity (Wildman–Crippen MR) is 116 cm³/mol. The number of aromatic nitrogens is 2. The van der Waals surface area contributed by atoms with Crippen LogP contribution in [0.25, 0.3) is 11.0 Å². The number of amides is 1. The monoisotopic (exact) mass is 404 g/mol. The molecule has 7 heteroatoms. The number of hydrogen-bond acceptors (Lipinski definition) is 6. The molecule has 0 spiro atoms. The van der Waals surface area contributed by atoms with Crippen LogP contribution in [0, 0.1) is 0 Å². The lowest BCUT2D eigenvalue weighted by Crippen LogP contribution is -2.41. The molecule has 0 saturated carbocycles. The number of anilines is 2. The highest BCUT2D eigenvalue weighted by atomic mass is 16.5. The van der Waals surface area contributed by atoms with Gasteiger partial charge < -0.3 is 9.64 Å². The van der Waals surface area contributed by atoms with Gasteiger partial charge in [-0.1, -0.05) is 12.1 Å². The van der Waals surface area contributed by atoms with Gasteiger partial charge in [-0.3, -0.25) is 14.5 Å². The van der Waals surface area contributed by atoms with Gasteiger partial charge in [-0.25, -0.2) is 9.97 Å². The average Bonchev–Trinajstić information content (AvgIpc) is 2.90. The van der Waals surface area contributed by atoms with Crippen LogP contribution in [0.5, 0.6) is 5.75 Å². The van der Waals surface area contributed by atoms with Crippen LogP contribution >= 0.6 is 0 Å². The number of fused-ring (bicyclic) bond motifs is 2. The minimum absolute atomic E-state index is 0.0123. The van der Waals surface area contributed by atoms with Crippen molar-refractivity contribution in [3.8, 4) is 5.75 Å². The van der Waals surface area contributed by atoms with Gasteiger partial charge in [-0.15, -0.1) is 0 Å². The summed E-state index contributed by atoms with van der Waals surface area (Å²) in [5.74, 6) is 1.60. The molecule has 4 rings (SSSR count). The Balaban J connectivity index is 1.62. The first-order valence-corrected chi connectivity index (χ1v) is 10.0. The minimum atomic E-state index is -0.710. The van der Waals surface area contributed by atoms with Gasteiger partial charge in [0, 0.05) is 25.7 Å². The molecule has 154 valence electrons. The largest absolute Gasteiger partial charge is 0.481 e. The lowest BCUT2D eigenvalue weighted by molar-refractivity contribution is -0.124. The summed E-state index contributed by atoms with van der Waals surface area (Å²) in [5.41, 5.74) is 2.15.